The van der Waals surface area contributed by atoms with Gasteiger partial charge in [-0.15, -0.1) is 0 Å². The van der Waals surface area contributed by atoms with E-state index < -0.39 is 11.4 Å². The number of hydrogen-bond donors (Lipinski definition) is 1. The quantitative estimate of drug-likeness (QED) is 0.861. The van der Waals surface area contributed by atoms with Gasteiger partial charge in [-0.25, -0.2) is 4.39 Å². The first-order valence-electron chi connectivity index (χ1n) is 5.65. The average molecular weight is 241 g/mol. The Bertz CT molecular complexity index is 377. The summed E-state index contributed by atoms with van der Waals surface area (Å²) in [6.07, 6.45) is 3.77. The fourth-order valence-electron chi connectivity index (χ4n) is 1.50. The molecule has 17 heavy (non-hydrogen) atoms. The van der Waals surface area contributed by atoms with Crippen molar-refractivity contribution in [3.05, 3.63) is 29.8 Å². The molecule has 1 N–H and O–H groups in total. The van der Waals surface area contributed by atoms with Gasteiger partial charge in [0.25, 0.3) is 0 Å². The number of nitrogens with zero attached hydrogens (tertiary/aromatic N) is 1. The minimum Gasteiger partial charge on any atom is -0.385 e. The van der Waals surface area contributed by atoms with Crippen LogP contribution in [0.3, 0.4) is 0 Å². The number of hydrogen-bond acceptors (Lipinski definition) is 3. The second kappa shape index (κ2) is 5.10. The van der Waals surface area contributed by atoms with Crippen LogP contribution in [-0.2, 0) is 10.3 Å². The maximum atomic E-state index is 13.0. The second-order valence-corrected chi connectivity index (χ2v) is 5.13. The second-order valence-electron chi connectivity index (χ2n) is 5.13. The third-order valence-corrected chi connectivity index (χ3v) is 3.09. The van der Waals surface area contributed by atoms with Crippen molar-refractivity contribution in [3.8, 4) is 0 Å². The van der Waals surface area contributed by atoms with Crippen molar-refractivity contribution in [1.29, 1.82) is 0 Å². The molecule has 3 nitrogen and oxygen atoms in total. The molecule has 0 aromatic carbocycles. The van der Waals surface area contributed by atoms with Gasteiger partial charge in [-0.05, 0) is 39.7 Å². The van der Waals surface area contributed by atoms with E-state index >= 15 is 0 Å². The first-order valence-corrected chi connectivity index (χ1v) is 5.65. The summed E-state index contributed by atoms with van der Waals surface area (Å²) in [4.78, 5) is 3.75. The molecule has 0 aliphatic rings. The molecule has 0 spiro atoms. The van der Waals surface area contributed by atoms with Crippen molar-refractivity contribution >= 4 is 0 Å². The number of aliphatic hydroxyl groups is 1. The number of ether oxygens (including phenoxy) is 1. The smallest absolute Gasteiger partial charge is 0.141 e. The van der Waals surface area contributed by atoms with Crippen LogP contribution in [0.2, 0.25) is 0 Å². The highest BCUT2D eigenvalue weighted by Gasteiger charge is 2.28. The highest BCUT2D eigenvalue weighted by molar-refractivity contribution is 5.17. The summed E-state index contributed by atoms with van der Waals surface area (Å²) in [5.74, 6) is -0.436. The molecular weight excluding hydrogens is 221 g/mol. The number of methoxy groups -OCH3 is 1. The lowest BCUT2D eigenvalue weighted by molar-refractivity contribution is -0.0213. The monoisotopic (exact) mass is 241 g/mol. The van der Waals surface area contributed by atoms with Crippen LogP contribution in [0.5, 0.6) is 0 Å². The molecule has 0 radical (unpaired) electrons. The number of aromatic nitrogens is 1. The highest BCUT2D eigenvalue weighted by Crippen LogP contribution is 2.29. The topological polar surface area (TPSA) is 42.4 Å². The zero-order chi connectivity index (χ0) is 13.1. The molecule has 1 rings (SSSR count). The number of halogens is 1. The summed E-state index contributed by atoms with van der Waals surface area (Å²) in [5, 5.41) is 10.3. The highest BCUT2D eigenvalue weighted by atomic mass is 19.1. The maximum absolute atomic E-state index is 13.0. The van der Waals surface area contributed by atoms with Gasteiger partial charge in [0, 0.05) is 18.9 Å². The third-order valence-electron chi connectivity index (χ3n) is 3.09. The molecule has 1 atom stereocenters. The van der Waals surface area contributed by atoms with Crippen molar-refractivity contribution in [2.45, 2.75) is 44.8 Å². The molecule has 1 unspecified atom stereocenters. The van der Waals surface area contributed by atoms with Crippen LogP contribution < -0.4 is 0 Å². The molecular formula is C13H20FNO2. The van der Waals surface area contributed by atoms with E-state index in [2.05, 4.69) is 4.98 Å². The zero-order valence-corrected chi connectivity index (χ0v) is 10.8. The van der Waals surface area contributed by atoms with Gasteiger partial charge in [-0.2, -0.15) is 0 Å². The zero-order valence-electron chi connectivity index (χ0n) is 10.8. The van der Waals surface area contributed by atoms with E-state index in [1.165, 1.54) is 12.3 Å². The normalized spacial score (nSPS) is 15.6. The summed E-state index contributed by atoms with van der Waals surface area (Å²) in [5.41, 5.74) is -0.903. The molecule has 0 aliphatic heterocycles. The van der Waals surface area contributed by atoms with Gasteiger partial charge in [-0.1, -0.05) is 0 Å². The Kier molecular flexibility index (Phi) is 4.22. The van der Waals surface area contributed by atoms with E-state index in [0.29, 0.717) is 18.4 Å². The number of rotatable bonds is 5. The van der Waals surface area contributed by atoms with Gasteiger partial charge in [0.1, 0.15) is 5.82 Å². The van der Waals surface area contributed by atoms with Crippen molar-refractivity contribution in [2.75, 3.05) is 7.11 Å². The summed E-state index contributed by atoms with van der Waals surface area (Å²) >= 11 is 0. The lowest BCUT2D eigenvalue weighted by Crippen LogP contribution is -2.29. The molecule has 0 bridgehead atoms. The minimum atomic E-state index is -1.09. The maximum Gasteiger partial charge on any atom is 0.141 e. The average Bonchev–Trinajstić information content (AvgIpc) is 2.27. The Morgan fingerprint density at radius 1 is 1.29 bits per heavy atom. The molecule has 0 amide bonds. The van der Waals surface area contributed by atoms with Crippen LogP contribution in [0, 0.1) is 5.82 Å². The Morgan fingerprint density at radius 3 is 2.47 bits per heavy atom. The van der Waals surface area contributed by atoms with E-state index in [4.69, 9.17) is 4.74 Å². The fraction of sp³-hybridized carbons (Fsp3) is 0.615. The lowest BCUT2D eigenvalue weighted by Gasteiger charge is -2.29. The molecule has 1 aromatic rings. The Morgan fingerprint density at radius 2 is 1.94 bits per heavy atom. The van der Waals surface area contributed by atoms with Gasteiger partial charge in [0.05, 0.1) is 17.4 Å². The van der Waals surface area contributed by atoms with Gasteiger partial charge < -0.3 is 9.84 Å². The molecule has 0 saturated carbocycles. The van der Waals surface area contributed by atoms with Gasteiger partial charge in [0.15, 0.2) is 0 Å². The van der Waals surface area contributed by atoms with E-state index in [1.54, 1.807) is 14.0 Å². The lowest BCUT2D eigenvalue weighted by atomic mass is 9.88. The first-order chi connectivity index (χ1) is 7.77. The van der Waals surface area contributed by atoms with Crippen LogP contribution in [0.4, 0.5) is 4.39 Å². The van der Waals surface area contributed by atoms with E-state index in [9.17, 15) is 9.50 Å². The summed E-state index contributed by atoms with van der Waals surface area (Å²) in [6, 6.07) is 1.31. The van der Waals surface area contributed by atoms with Crippen LogP contribution in [0.25, 0.3) is 0 Å². The van der Waals surface area contributed by atoms with Crippen molar-refractivity contribution < 1.29 is 14.2 Å². The van der Waals surface area contributed by atoms with Gasteiger partial charge >= 0.3 is 0 Å². The van der Waals surface area contributed by atoms with Gasteiger partial charge in [-0.3, -0.25) is 4.98 Å². The standard InChI is InChI=1S/C13H20FNO2/c1-12(2,17-4)5-6-13(3,16)10-7-11(14)9-15-8-10/h7-9,16H,5-6H2,1-4H3. The van der Waals surface area contributed by atoms with Crippen molar-refractivity contribution in [3.63, 3.8) is 0 Å². The SMILES string of the molecule is COC(C)(C)CCC(C)(O)c1cncc(F)c1. The predicted octanol–water partition coefficient (Wildman–Crippen LogP) is 2.63. The van der Waals surface area contributed by atoms with Crippen molar-refractivity contribution in [1.82, 2.24) is 4.98 Å². The fourth-order valence-corrected chi connectivity index (χ4v) is 1.50. The summed E-state index contributed by atoms with van der Waals surface area (Å²) in [6.45, 7) is 5.56. The van der Waals surface area contributed by atoms with Crippen molar-refractivity contribution in [2.24, 2.45) is 0 Å². The largest absolute Gasteiger partial charge is 0.385 e. The van der Waals surface area contributed by atoms with Crippen LogP contribution in [0.15, 0.2) is 18.5 Å². The summed E-state index contributed by atoms with van der Waals surface area (Å²) in [7, 11) is 1.64. The van der Waals surface area contributed by atoms with E-state index in [-0.39, 0.29) is 5.60 Å². The molecule has 96 valence electrons. The predicted molar refractivity (Wildman–Crippen MR) is 64.1 cm³/mol. The number of pyridine rings is 1. The Labute approximate surface area is 102 Å². The molecule has 0 saturated heterocycles. The summed E-state index contributed by atoms with van der Waals surface area (Å²) < 4.78 is 18.3. The molecule has 0 aliphatic carbocycles. The molecule has 0 fully saturated rings. The van der Waals surface area contributed by atoms with Crippen LogP contribution >= 0.6 is 0 Å². The van der Waals surface area contributed by atoms with Gasteiger partial charge in [0.2, 0.25) is 0 Å². The van der Waals surface area contributed by atoms with E-state index in [1.807, 2.05) is 13.8 Å². The van der Waals surface area contributed by atoms with Crippen LogP contribution in [-0.4, -0.2) is 22.8 Å². The Balaban J connectivity index is 2.75. The third kappa shape index (κ3) is 4.06. The Hall–Kier alpha value is -1.00. The molecule has 1 heterocycles. The molecule has 1 aromatic heterocycles. The van der Waals surface area contributed by atoms with Crippen LogP contribution in [0.1, 0.15) is 39.2 Å². The first kappa shape index (κ1) is 14.1. The van der Waals surface area contributed by atoms with E-state index in [0.717, 1.165) is 6.20 Å². The molecule has 4 heteroatoms. The minimum absolute atomic E-state index is 0.301.